The van der Waals surface area contributed by atoms with Crippen molar-refractivity contribution in [1.82, 2.24) is 0 Å². The van der Waals surface area contributed by atoms with Crippen LogP contribution in [0.4, 0.5) is 0 Å². The number of thioether (sulfide) groups is 1. The number of hydrogen-bond acceptors (Lipinski definition) is 2. The molecule has 1 nitrogen and oxygen atoms in total. The van der Waals surface area contributed by atoms with Gasteiger partial charge in [-0.15, -0.1) is 24.2 Å². The van der Waals surface area contributed by atoms with Crippen molar-refractivity contribution in [3.8, 4) is 0 Å². The average molecular weight is 356 g/mol. The summed E-state index contributed by atoms with van der Waals surface area (Å²) in [4.78, 5) is 0. The van der Waals surface area contributed by atoms with Gasteiger partial charge in [-0.25, -0.2) is 0 Å². The lowest BCUT2D eigenvalue weighted by Crippen LogP contribution is -2.27. The first-order valence-corrected chi connectivity index (χ1v) is 8.87. The smallest absolute Gasteiger partial charge is 0.0907 e. The van der Waals surface area contributed by atoms with Gasteiger partial charge in [-0.2, -0.15) is 0 Å². The van der Waals surface area contributed by atoms with Crippen molar-refractivity contribution in [2.24, 2.45) is 5.73 Å². The third-order valence-corrected chi connectivity index (χ3v) is 5.56. The van der Waals surface area contributed by atoms with Gasteiger partial charge in [0.1, 0.15) is 0 Å². The Hall–Kier alpha value is -1.74. The van der Waals surface area contributed by atoms with Gasteiger partial charge in [0.2, 0.25) is 0 Å². The van der Waals surface area contributed by atoms with Gasteiger partial charge in [0, 0.05) is 12.3 Å². The van der Waals surface area contributed by atoms with Crippen molar-refractivity contribution < 1.29 is 0 Å². The van der Waals surface area contributed by atoms with Crippen molar-refractivity contribution in [3.63, 3.8) is 0 Å². The maximum Gasteiger partial charge on any atom is 0.0907 e. The van der Waals surface area contributed by atoms with Gasteiger partial charge in [-0.05, 0) is 16.7 Å². The molecule has 3 rings (SSSR count). The van der Waals surface area contributed by atoms with Gasteiger partial charge in [0.05, 0.1) is 4.75 Å². The zero-order valence-corrected chi connectivity index (χ0v) is 15.1. The first-order chi connectivity index (χ1) is 11.4. The zero-order chi connectivity index (χ0) is 16.0. The Bertz CT molecular complexity index is 620. The Morgan fingerprint density at radius 2 is 0.958 bits per heavy atom. The van der Waals surface area contributed by atoms with Crippen LogP contribution in [0.5, 0.6) is 0 Å². The molecule has 0 aromatic heterocycles. The average Bonchev–Trinajstić information content (AvgIpc) is 2.65. The standard InChI is InChI=1S/C21H21NS.ClH/c22-16-17-23-21(18-10-4-1-5-11-18,19-12-6-2-7-13-19)20-14-8-3-9-15-20;/h1-15H,16-17,22H2;1H. The molecule has 0 aliphatic heterocycles. The van der Waals surface area contributed by atoms with Crippen LogP contribution in [0.15, 0.2) is 91.0 Å². The third kappa shape index (κ3) is 3.67. The van der Waals surface area contributed by atoms with Gasteiger partial charge in [0.15, 0.2) is 0 Å². The predicted molar refractivity (Wildman–Crippen MR) is 108 cm³/mol. The fourth-order valence-corrected chi connectivity index (χ4v) is 4.31. The number of rotatable bonds is 6. The number of benzene rings is 3. The summed E-state index contributed by atoms with van der Waals surface area (Å²) in [6, 6.07) is 32.1. The predicted octanol–water partition coefficient (Wildman–Crippen LogP) is 5.09. The van der Waals surface area contributed by atoms with E-state index < -0.39 is 0 Å². The van der Waals surface area contributed by atoms with Crippen LogP contribution in [0.2, 0.25) is 0 Å². The molecule has 24 heavy (non-hydrogen) atoms. The van der Waals surface area contributed by atoms with Crippen LogP contribution in [0.25, 0.3) is 0 Å². The summed E-state index contributed by atoms with van der Waals surface area (Å²) in [5, 5.41) is 0. The van der Waals surface area contributed by atoms with E-state index in [0.717, 1.165) is 5.75 Å². The van der Waals surface area contributed by atoms with Crippen molar-refractivity contribution in [2.75, 3.05) is 12.3 Å². The van der Waals surface area contributed by atoms with E-state index in [2.05, 4.69) is 91.0 Å². The monoisotopic (exact) mass is 355 g/mol. The second-order valence-electron chi connectivity index (χ2n) is 5.42. The Morgan fingerprint density at radius 3 is 1.25 bits per heavy atom. The van der Waals surface area contributed by atoms with E-state index in [1.54, 1.807) is 0 Å². The maximum absolute atomic E-state index is 5.85. The highest BCUT2D eigenvalue weighted by Gasteiger charge is 2.36. The van der Waals surface area contributed by atoms with Gasteiger partial charge >= 0.3 is 0 Å². The van der Waals surface area contributed by atoms with Gasteiger partial charge in [0.25, 0.3) is 0 Å². The Labute approximate surface area is 154 Å². The molecule has 0 amide bonds. The van der Waals surface area contributed by atoms with Crippen LogP contribution in [-0.4, -0.2) is 12.3 Å². The summed E-state index contributed by atoms with van der Waals surface area (Å²) in [5.41, 5.74) is 9.71. The molecule has 0 aliphatic rings. The lowest BCUT2D eigenvalue weighted by atomic mass is 9.84. The molecule has 2 N–H and O–H groups in total. The molecule has 0 aliphatic carbocycles. The topological polar surface area (TPSA) is 26.0 Å². The minimum atomic E-state index is -0.233. The molecule has 124 valence electrons. The summed E-state index contributed by atoms with van der Waals surface area (Å²) in [6.45, 7) is 0.666. The Balaban J connectivity index is 0.00000208. The molecule has 0 saturated heterocycles. The molecule has 3 aromatic rings. The fourth-order valence-electron chi connectivity index (χ4n) is 2.98. The highest BCUT2D eigenvalue weighted by Crippen LogP contribution is 2.48. The summed E-state index contributed by atoms with van der Waals surface area (Å²) >= 11 is 1.90. The lowest BCUT2D eigenvalue weighted by Gasteiger charge is -2.35. The molecule has 0 heterocycles. The summed E-state index contributed by atoms with van der Waals surface area (Å²) in [7, 11) is 0. The van der Waals surface area contributed by atoms with Crippen molar-refractivity contribution in [3.05, 3.63) is 108 Å². The molecule has 3 heteroatoms. The molecule has 0 spiro atoms. The summed E-state index contributed by atoms with van der Waals surface area (Å²) < 4.78 is -0.233. The normalized spacial score (nSPS) is 10.9. The minimum absolute atomic E-state index is 0. The molecular formula is C21H22ClNS. The van der Waals surface area contributed by atoms with Crippen molar-refractivity contribution in [2.45, 2.75) is 4.75 Å². The van der Waals surface area contributed by atoms with Crippen LogP contribution in [0, 0.1) is 0 Å². The number of halogens is 1. The highest BCUT2D eigenvalue weighted by molar-refractivity contribution is 8.00. The molecule has 0 fully saturated rings. The fraction of sp³-hybridized carbons (Fsp3) is 0.143. The molecular weight excluding hydrogens is 334 g/mol. The first-order valence-electron chi connectivity index (χ1n) is 7.88. The molecule has 0 unspecified atom stereocenters. The van der Waals surface area contributed by atoms with E-state index in [-0.39, 0.29) is 17.2 Å². The SMILES string of the molecule is Cl.NCCSC(c1ccccc1)(c1ccccc1)c1ccccc1. The van der Waals surface area contributed by atoms with Crippen LogP contribution >= 0.6 is 24.2 Å². The van der Waals surface area contributed by atoms with E-state index in [1.807, 2.05) is 11.8 Å². The Kier molecular flexibility index (Phi) is 6.92. The quantitative estimate of drug-likeness (QED) is 0.623. The van der Waals surface area contributed by atoms with Gasteiger partial charge < -0.3 is 5.73 Å². The zero-order valence-electron chi connectivity index (χ0n) is 13.5. The van der Waals surface area contributed by atoms with Crippen LogP contribution < -0.4 is 5.73 Å². The minimum Gasteiger partial charge on any atom is -0.330 e. The summed E-state index contributed by atoms with van der Waals surface area (Å²) in [5.74, 6) is 0.901. The van der Waals surface area contributed by atoms with Crippen LogP contribution in [0.3, 0.4) is 0 Å². The molecule has 3 aromatic carbocycles. The summed E-state index contributed by atoms with van der Waals surface area (Å²) in [6.07, 6.45) is 0. The highest BCUT2D eigenvalue weighted by atomic mass is 35.5. The van der Waals surface area contributed by atoms with E-state index in [0.29, 0.717) is 6.54 Å². The third-order valence-electron chi connectivity index (χ3n) is 3.98. The van der Waals surface area contributed by atoms with E-state index in [9.17, 15) is 0 Å². The van der Waals surface area contributed by atoms with E-state index in [1.165, 1.54) is 16.7 Å². The van der Waals surface area contributed by atoms with Crippen molar-refractivity contribution >= 4 is 24.2 Å². The second-order valence-corrected chi connectivity index (χ2v) is 6.73. The molecule has 0 atom stereocenters. The Morgan fingerprint density at radius 1 is 0.625 bits per heavy atom. The van der Waals surface area contributed by atoms with Crippen molar-refractivity contribution in [1.29, 1.82) is 0 Å². The van der Waals surface area contributed by atoms with Gasteiger partial charge in [-0.3, -0.25) is 0 Å². The maximum atomic E-state index is 5.85. The van der Waals surface area contributed by atoms with E-state index in [4.69, 9.17) is 5.73 Å². The molecule has 0 saturated carbocycles. The van der Waals surface area contributed by atoms with Gasteiger partial charge in [-0.1, -0.05) is 91.0 Å². The molecule has 0 radical (unpaired) electrons. The lowest BCUT2D eigenvalue weighted by molar-refractivity contribution is 0.892. The first kappa shape index (κ1) is 18.6. The second kappa shape index (κ2) is 8.93. The molecule has 0 bridgehead atoms. The number of nitrogens with two attached hydrogens (primary N) is 1. The van der Waals surface area contributed by atoms with Crippen LogP contribution in [-0.2, 0) is 4.75 Å². The van der Waals surface area contributed by atoms with E-state index >= 15 is 0 Å². The largest absolute Gasteiger partial charge is 0.330 e. The number of hydrogen-bond donors (Lipinski definition) is 1. The van der Waals surface area contributed by atoms with Crippen LogP contribution in [0.1, 0.15) is 16.7 Å².